The Bertz CT molecular complexity index is 207. The molecule has 1 aliphatic rings. The Hall–Kier alpha value is -0.740. The van der Waals surface area contributed by atoms with Gasteiger partial charge in [0, 0.05) is 6.42 Å². The van der Waals surface area contributed by atoms with Gasteiger partial charge >= 0.3 is 12.1 Å². The van der Waals surface area contributed by atoms with E-state index in [9.17, 15) is 18.0 Å². The quantitative estimate of drug-likeness (QED) is 0.535. The molecule has 0 amide bonds. The molecule has 1 saturated heterocycles. The third-order valence-electron chi connectivity index (χ3n) is 1.75. The van der Waals surface area contributed by atoms with Crippen molar-refractivity contribution in [3.05, 3.63) is 0 Å². The summed E-state index contributed by atoms with van der Waals surface area (Å²) in [5.41, 5.74) is -0.975. The average molecular weight is 182 g/mol. The van der Waals surface area contributed by atoms with Crippen LogP contribution in [0.5, 0.6) is 0 Å². The van der Waals surface area contributed by atoms with Crippen molar-refractivity contribution in [3.63, 3.8) is 0 Å². The monoisotopic (exact) mass is 182 g/mol. The number of cyclic esters (lactones) is 1. The molecule has 70 valence electrons. The Labute approximate surface area is 67.7 Å². The average Bonchev–Trinajstić information content (AvgIpc) is 2.03. The Morgan fingerprint density at radius 1 is 1.50 bits per heavy atom. The molecule has 1 aliphatic heterocycles. The summed E-state index contributed by atoms with van der Waals surface area (Å²) in [5.74, 6) is -3.10. The fourth-order valence-electron chi connectivity index (χ4n) is 1.21. The number of carbonyl (C=O) groups is 1. The molecule has 0 saturated carbocycles. The predicted octanol–water partition coefficient (Wildman–Crippen LogP) is 1.89. The first-order valence-electron chi connectivity index (χ1n) is 3.52. The summed E-state index contributed by atoms with van der Waals surface area (Å²) >= 11 is 0. The topological polar surface area (TPSA) is 26.3 Å². The summed E-state index contributed by atoms with van der Waals surface area (Å²) in [6.45, 7) is 2.94. The molecule has 0 aromatic heterocycles. The lowest BCUT2D eigenvalue weighted by molar-refractivity contribution is -0.185. The highest BCUT2D eigenvalue weighted by Gasteiger charge is 2.54. The van der Waals surface area contributed by atoms with Crippen LogP contribution < -0.4 is 0 Å². The number of hydrogen-bond donors (Lipinski definition) is 0. The van der Waals surface area contributed by atoms with Gasteiger partial charge in [-0.2, -0.15) is 13.2 Å². The van der Waals surface area contributed by atoms with Crippen LogP contribution in [-0.4, -0.2) is 17.7 Å². The van der Waals surface area contributed by atoms with Crippen molar-refractivity contribution in [3.8, 4) is 0 Å². The lowest BCUT2D eigenvalue weighted by Crippen LogP contribution is -2.26. The molecule has 0 aromatic carbocycles. The van der Waals surface area contributed by atoms with Crippen molar-refractivity contribution in [2.45, 2.75) is 32.0 Å². The minimum absolute atomic E-state index is 0.282. The van der Waals surface area contributed by atoms with E-state index in [4.69, 9.17) is 0 Å². The van der Waals surface area contributed by atoms with E-state index >= 15 is 0 Å². The Morgan fingerprint density at radius 3 is 2.17 bits per heavy atom. The molecule has 12 heavy (non-hydrogen) atoms. The van der Waals surface area contributed by atoms with Crippen LogP contribution in [0.1, 0.15) is 20.3 Å². The normalized spacial score (nSPS) is 28.8. The van der Waals surface area contributed by atoms with Crippen LogP contribution in [0.25, 0.3) is 0 Å². The van der Waals surface area contributed by atoms with E-state index in [1.165, 1.54) is 13.8 Å². The molecule has 0 N–H and O–H groups in total. The van der Waals surface area contributed by atoms with E-state index in [1.807, 2.05) is 0 Å². The number of carbonyl (C=O) groups excluding carboxylic acids is 1. The number of rotatable bonds is 0. The van der Waals surface area contributed by atoms with Crippen molar-refractivity contribution in [1.29, 1.82) is 0 Å². The first-order chi connectivity index (χ1) is 5.22. The van der Waals surface area contributed by atoms with E-state index in [-0.39, 0.29) is 6.42 Å². The van der Waals surface area contributed by atoms with Crippen molar-refractivity contribution >= 4 is 5.97 Å². The molecular formula is C7H9F3O2. The molecule has 1 heterocycles. The van der Waals surface area contributed by atoms with E-state index in [2.05, 4.69) is 4.74 Å². The summed E-state index contributed by atoms with van der Waals surface area (Å²) in [6, 6.07) is 0. The Balaban J connectivity index is 2.78. The smallest absolute Gasteiger partial charge is 0.402 e. The van der Waals surface area contributed by atoms with Gasteiger partial charge in [0.1, 0.15) is 5.60 Å². The first kappa shape index (κ1) is 9.35. The third kappa shape index (κ3) is 1.70. The van der Waals surface area contributed by atoms with Gasteiger partial charge < -0.3 is 4.74 Å². The highest BCUT2D eigenvalue weighted by molar-refractivity contribution is 5.76. The van der Waals surface area contributed by atoms with E-state index in [1.54, 1.807) is 0 Å². The van der Waals surface area contributed by atoms with E-state index < -0.39 is 23.7 Å². The molecule has 0 aliphatic carbocycles. The number of halogens is 3. The molecule has 1 unspecified atom stereocenters. The van der Waals surface area contributed by atoms with Gasteiger partial charge in [-0.1, -0.05) is 0 Å². The first-order valence-corrected chi connectivity index (χ1v) is 3.52. The number of esters is 1. The highest BCUT2D eigenvalue weighted by atomic mass is 19.4. The minimum atomic E-state index is -4.47. The van der Waals surface area contributed by atoms with Crippen LogP contribution >= 0.6 is 0 Å². The molecule has 0 radical (unpaired) electrons. The number of alkyl halides is 3. The maximum absolute atomic E-state index is 12.1. The molecule has 1 fully saturated rings. The summed E-state index contributed by atoms with van der Waals surface area (Å²) in [6.07, 6.45) is -4.75. The SMILES string of the molecule is CC1(C)CC(C(F)(F)F)C(=O)O1. The number of hydrogen-bond acceptors (Lipinski definition) is 2. The van der Waals surface area contributed by atoms with Crippen molar-refractivity contribution < 1.29 is 22.7 Å². The fraction of sp³-hybridized carbons (Fsp3) is 0.857. The fourth-order valence-corrected chi connectivity index (χ4v) is 1.21. The van der Waals surface area contributed by atoms with E-state index in [0.717, 1.165) is 0 Å². The van der Waals surface area contributed by atoms with Crippen LogP contribution in [0.3, 0.4) is 0 Å². The van der Waals surface area contributed by atoms with Gasteiger partial charge in [-0.15, -0.1) is 0 Å². The Kier molecular flexibility index (Phi) is 1.85. The second-order valence-corrected chi connectivity index (χ2v) is 3.48. The van der Waals surface area contributed by atoms with Gasteiger partial charge in [-0.25, -0.2) is 0 Å². The molecule has 5 heteroatoms. The van der Waals surface area contributed by atoms with E-state index in [0.29, 0.717) is 0 Å². The lowest BCUT2D eigenvalue weighted by atomic mass is 9.97. The van der Waals surface area contributed by atoms with Gasteiger partial charge in [-0.05, 0) is 13.8 Å². The largest absolute Gasteiger partial charge is 0.459 e. The highest BCUT2D eigenvalue weighted by Crippen LogP contribution is 2.40. The molecule has 0 aromatic rings. The molecule has 0 bridgehead atoms. The van der Waals surface area contributed by atoms with Crippen LogP contribution in [0, 0.1) is 5.92 Å². The molecule has 1 rings (SSSR count). The van der Waals surface area contributed by atoms with Crippen LogP contribution in [-0.2, 0) is 9.53 Å². The molecule has 1 atom stereocenters. The van der Waals surface area contributed by atoms with Crippen LogP contribution in [0.15, 0.2) is 0 Å². The summed E-state index contributed by atoms with van der Waals surface area (Å²) in [4.78, 5) is 10.7. The second kappa shape index (κ2) is 2.37. The van der Waals surface area contributed by atoms with Crippen LogP contribution in [0.2, 0.25) is 0 Å². The van der Waals surface area contributed by atoms with Crippen molar-refractivity contribution in [1.82, 2.24) is 0 Å². The minimum Gasteiger partial charge on any atom is -0.459 e. The van der Waals surface area contributed by atoms with Gasteiger partial charge in [0.05, 0.1) is 0 Å². The summed E-state index contributed by atoms with van der Waals surface area (Å²) in [7, 11) is 0. The maximum atomic E-state index is 12.1. The van der Waals surface area contributed by atoms with Gasteiger partial charge in [0.15, 0.2) is 5.92 Å². The zero-order valence-electron chi connectivity index (χ0n) is 6.73. The zero-order valence-corrected chi connectivity index (χ0v) is 6.73. The maximum Gasteiger partial charge on any atom is 0.402 e. The van der Waals surface area contributed by atoms with Crippen LogP contribution in [0.4, 0.5) is 13.2 Å². The molecular weight excluding hydrogens is 173 g/mol. The Morgan fingerprint density at radius 2 is 2.00 bits per heavy atom. The van der Waals surface area contributed by atoms with Gasteiger partial charge in [0.25, 0.3) is 0 Å². The van der Waals surface area contributed by atoms with Gasteiger partial charge in [0.2, 0.25) is 0 Å². The molecule has 2 nitrogen and oxygen atoms in total. The summed E-state index contributed by atoms with van der Waals surface area (Å²) in [5, 5.41) is 0. The van der Waals surface area contributed by atoms with Crippen molar-refractivity contribution in [2.24, 2.45) is 5.92 Å². The lowest BCUT2D eigenvalue weighted by Gasteiger charge is -2.15. The zero-order chi connectivity index (χ0) is 9.57. The molecule has 0 spiro atoms. The second-order valence-electron chi connectivity index (χ2n) is 3.48. The van der Waals surface area contributed by atoms with Crippen molar-refractivity contribution in [2.75, 3.05) is 0 Å². The third-order valence-corrected chi connectivity index (χ3v) is 1.75. The van der Waals surface area contributed by atoms with Gasteiger partial charge in [-0.3, -0.25) is 4.79 Å². The number of ether oxygens (including phenoxy) is 1. The summed E-state index contributed by atoms with van der Waals surface area (Å²) < 4.78 is 40.7. The predicted molar refractivity (Wildman–Crippen MR) is 34.3 cm³/mol. The standard InChI is InChI=1S/C7H9F3O2/c1-6(2)3-4(5(11)12-6)7(8,9)10/h4H,3H2,1-2H3.